The minimum absolute atomic E-state index is 0.256. The Kier molecular flexibility index (Phi) is 2.63. The van der Waals surface area contributed by atoms with Gasteiger partial charge in [0.1, 0.15) is 0 Å². The molecule has 3 rings (SSSR count). The van der Waals surface area contributed by atoms with E-state index < -0.39 is 0 Å². The average Bonchev–Trinajstić information content (AvgIpc) is 3.01. The van der Waals surface area contributed by atoms with Gasteiger partial charge in [-0.25, -0.2) is 0 Å². The molecule has 1 fully saturated rings. The number of rotatable bonds is 4. The van der Waals surface area contributed by atoms with Crippen LogP contribution in [0.25, 0.3) is 10.2 Å². The highest BCUT2D eigenvalue weighted by molar-refractivity contribution is 7.17. The summed E-state index contributed by atoms with van der Waals surface area (Å²) >= 11 is 1.73. The zero-order valence-corrected chi connectivity index (χ0v) is 9.83. The van der Waals surface area contributed by atoms with Crippen LogP contribution in [-0.2, 0) is 0 Å². The second-order valence-corrected chi connectivity index (χ2v) is 5.42. The Labute approximate surface area is 98.7 Å². The minimum Gasteiger partial charge on any atom is -0.271 e. The number of hydrazine groups is 1. The molecule has 0 aromatic carbocycles. The van der Waals surface area contributed by atoms with Crippen LogP contribution in [0.5, 0.6) is 0 Å². The van der Waals surface area contributed by atoms with Crippen molar-refractivity contribution in [1.29, 1.82) is 0 Å². The molecule has 2 heterocycles. The number of nitrogens with zero attached hydrogens (tertiary/aromatic N) is 1. The topological polar surface area (TPSA) is 50.9 Å². The van der Waals surface area contributed by atoms with E-state index in [1.165, 1.54) is 23.1 Å². The van der Waals surface area contributed by atoms with Gasteiger partial charge in [-0.1, -0.05) is 12.8 Å². The molecular formula is C12H15N3S. The number of aromatic nitrogens is 1. The van der Waals surface area contributed by atoms with Crippen LogP contribution in [0.3, 0.4) is 0 Å². The van der Waals surface area contributed by atoms with Crippen molar-refractivity contribution >= 4 is 21.6 Å². The molecule has 0 radical (unpaired) electrons. The van der Waals surface area contributed by atoms with E-state index in [1.807, 2.05) is 6.20 Å². The molecule has 2 aromatic rings. The van der Waals surface area contributed by atoms with E-state index in [0.717, 1.165) is 17.9 Å². The summed E-state index contributed by atoms with van der Waals surface area (Å²) in [6.07, 6.45) is 5.79. The monoisotopic (exact) mass is 233 g/mol. The Morgan fingerprint density at radius 1 is 1.56 bits per heavy atom. The molecule has 16 heavy (non-hydrogen) atoms. The summed E-state index contributed by atoms with van der Waals surface area (Å²) in [4.78, 5) is 4.45. The molecular weight excluding hydrogens is 218 g/mol. The summed E-state index contributed by atoms with van der Waals surface area (Å²) < 4.78 is 1.24. The number of fused-ring (bicyclic) bond motifs is 1. The largest absolute Gasteiger partial charge is 0.271 e. The quantitative estimate of drug-likeness (QED) is 0.630. The van der Waals surface area contributed by atoms with Crippen molar-refractivity contribution in [3.63, 3.8) is 0 Å². The van der Waals surface area contributed by atoms with Gasteiger partial charge in [-0.3, -0.25) is 16.3 Å². The third-order valence-corrected chi connectivity index (χ3v) is 4.05. The number of hydrogen-bond donors (Lipinski definition) is 2. The lowest BCUT2D eigenvalue weighted by atomic mass is 10.0. The predicted molar refractivity (Wildman–Crippen MR) is 67.0 cm³/mol. The summed E-state index contributed by atoms with van der Waals surface area (Å²) in [7, 11) is 0. The molecule has 3 nitrogen and oxygen atoms in total. The molecule has 2 aromatic heterocycles. The minimum atomic E-state index is 0.256. The third kappa shape index (κ3) is 1.96. The Hall–Kier alpha value is -0.970. The lowest BCUT2D eigenvalue weighted by Crippen LogP contribution is -2.28. The van der Waals surface area contributed by atoms with Crippen molar-refractivity contribution in [1.82, 2.24) is 10.4 Å². The van der Waals surface area contributed by atoms with Gasteiger partial charge in [-0.15, -0.1) is 11.3 Å². The molecule has 1 atom stereocenters. The van der Waals surface area contributed by atoms with Crippen LogP contribution in [0.2, 0.25) is 0 Å². The Morgan fingerprint density at radius 3 is 3.19 bits per heavy atom. The SMILES string of the molecule is NNC(CC1CC1)c1cnc2ccsc2c1. The molecule has 0 aliphatic heterocycles. The highest BCUT2D eigenvalue weighted by atomic mass is 32.1. The Bertz CT molecular complexity index is 490. The predicted octanol–water partition coefficient (Wildman–Crippen LogP) is 2.60. The van der Waals surface area contributed by atoms with E-state index in [2.05, 4.69) is 27.9 Å². The molecule has 1 aliphatic rings. The van der Waals surface area contributed by atoms with Gasteiger partial charge >= 0.3 is 0 Å². The molecule has 84 valence electrons. The van der Waals surface area contributed by atoms with Crippen LogP contribution in [0, 0.1) is 5.92 Å². The summed E-state index contributed by atoms with van der Waals surface area (Å²) in [6, 6.07) is 4.52. The van der Waals surface area contributed by atoms with Gasteiger partial charge in [0, 0.05) is 12.2 Å². The van der Waals surface area contributed by atoms with Gasteiger partial charge in [0.2, 0.25) is 0 Å². The fraction of sp³-hybridized carbons (Fsp3) is 0.417. The van der Waals surface area contributed by atoms with Crippen LogP contribution in [0.1, 0.15) is 30.9 Å². The molecule has 1 aliphatic carbocycles. The zero-order chi connectivity index (χ0) is 11.0. The normalized spacial score (nSPS) is 17.8. The van der Waals surface area contributed by atoms with Crippen LogP contribution in [-0.4, -0.2) is 4.98 Å². The maximum absolute atomic E-state index is 5.63. The number of pyridine rings is 1. The van der Waals surface area contributed by atoms with Crippen molar-refractivity contribution in [3.8, 4) is 0 Å². The van der Waals surface area contributed by atoms with Gasteiger partial charge in [-0.05, 0) is 35.4 Å². The standard InChI is InChI=1S/C12H15N3S/c13-15-11(5-8-1-2-8)9-6-12-10(14-7-9)3-4-16-12/h3-4,6-8,11,15H,1-2,5,13H2. The third-order valence-electron chi connectivity index (χ3n) is 3.19. The van der Waals surface area contributed by atoms with Crippen LogP contribution in [0.4, 0.5) is 0 Å². The van der Waals surface area contributed by atoms with Crippen molar-refractivity contribution in [2.75, 3.05) is 0 Å². The molecule has 0 bridgehead atoms. The molecule has 0 amide bonds. The first-order chi connectivity index (χ1) is 7.86. The molecule has 0 spiro atoms. The van der Waals surface area contributed by atoms with Gasteiger partial charge in [0.15, 0.2) is 0 Å². The number of thiophene rings is 1. The number of nitrogens with one attached hydrogen (secondary N) is 1. The molecule has 0 saturated heterocycles. The van der Waals surface area contributed by atoms with Crippen LogP contribution >= 0.6 is 11.3 Å². The smallest absolute Gasteiger partial charge is 0.0809 e. The van der Waals surface area contributed by atoms with E-state index in [4.69, 9.17) is 5.84 Å². The fourth-order valence-corrected chi connectivity index (χ4v) is 2.83. The maximum Gasteiger partial charge on any atom is 0.0809 e. The lowest BCUT2D eigenvalue weighted by molar-refractivity contribution is 0.486. The summed E-state index contributed by atoms with van der Waals surface area (Å²) in [5.41, 5.74) is 5.20. The van der Waals surface area contributed by atoms with Crippen LogP contribution < -0.4 is 11.3 Å². The van der Waals surface area contributed by atoms with E-state index in [9.17, 15) is 0 Å². The zero-order valence-electron chi connectivity index (χ0n) is 9.02. The summed E-state index contributed by atoms with van der Waals surface area (Å²) in [6.45, 7) is 0. The average molecular weight is 233 g/mol. The van der Waals surface area contributed by atoms with Crippen LogP contribution in [0.15, 0.2) is 23.7 Å². The first kappa shape index (κ1) is 10.2. The Morgan fingerprint density at radius 2 is 2.44 bits per heavy atom. The highest BCUT2D eigenvalue weighted by Crippen LogP contribution is 2.37. The van der Waals surface area contributed by atoms with Gasteiger partial charge < -0.3 is 0 Å². The molecule has 1 unspecified atom stereocenters. The van der Waals surface area contributed by atoms with Gasteiger partial charge in [0.05, 0.1) is 10.2 Å². The molecule has 4 heteroatoms. The number of nitrogens with two attached hydrogens (primary N) is 1. The molecule has 3 N–H and O–H groups in total. The lowest BCUT2D eigenvalue weighted by Gasteiger charge is -2.15. The Balaban J connectivity index is 1.89. The first-order valence-electron chi connectivity index (χ1n) is 5.66. The van der Waals surface area contributed by atoms with Crippen molar-refractivity contribution in [3.05, 3.63) is 29.3 Å². The summed E-state index contributed by atoms with van der Waals surface area (Å²) in [5, 5.41) is 2.08. The molecule has 1 saturated carbocycles. The maximum atomic E-state index is 5.63. The van der Waals surface area contributed by atoms with E-state index in [-0.39, 0.29) is 6.04 Å². The first-order valence-corrected chi connectivity index (χ1v) is 6.54. The van der Waals surface area contributed by atoms with Gasteiger partial charge in [-0.2, -0.15) is 0 Å². The second-order valence-electron chi connectivity index (χ2n) is 4.47. The fourth-order valence-electron chi connectivity index (χ4n) is 2.04. The number of hydrogen-bond acceptors (Lipinski definition) is 4. The van der Waals surface area contributed by atoms with E-state index in [1.54, 1.807) is 11.3 Å². The summed E-state index contributed by atoms with van der Waals surface area (Å²) in [5.74, 6) is 6.49. The van der Waals surface area contributed by atoms with Crippen molar-refractivity contribution in [2.45, 2.75) is 25.3 Å². The van der Waals surface area contributed by atoms with Crippen molar-refractivity contribution in [2.24, 2.45) is 11.8 Å². The van der Waals surface area contributed by atoms with E-state index in [0.29, 0.717) is 0 Å². The highest BCUT2D eigenvalue weighted by Gasteiger charge is 2.26. The van der Waals surface area contributed by atoms with Gasteiger partial charge in [0.25, 0.3) is 0 Å². The second kappa shape index (κ2) is 4.13. The van der Waals surface area contributed by atoms with Crippen molar-refractivity contribution < 1.29 is 0 Å². The van der Waals surface area contributed by atoms with E-state index >= 15 is 0 Å².